The molecule has 1 aliphatic heterocycles. The molecular formula is C25H18F3N7O3. The third-order valence-corrected chi connectivity index (χ3v) is 5.62. The molecule has 0 aliphatic carbocycles. The molecule has 0 bridgehead atoms. The molecule has 10 nitrogen and oxygen atoms in total. The van der Waals surface area contributed by atoms with Gasteiger partial charge in [0.25, 0.3) is 11.9 Å². The van der Waals surface area contributed by atoms with Crippen molar-refractivity contribution < 1.29 is 27.5 Å². The summed E-state index contributed by atoms with van der Waals surface area (Å²) in [6.45, 7) is 2.09. The molecule has 0 saturated carbocycles. The number of ether oxygens (including phenoxy) is 1. The van der Waals surface area contributed by atoms with E-state index in [1.807, 2.05) is 6.07 Å². The van der Waals surface area contributed by atoms with Crippen LogP contribution in [0.25, 0.3) is 0 Å². The lowest BCUT2D eigenvalue weighted by Crippen LogP contribution is -2.31. The molecule has 192 valence electrons. The first kappa shape index (κ1) is 25.9. The van der Waals surface area contributed by atoms with E-state index >= 15 is 0 Å². The molecule has 1 unspecified atom stereocenters. The Morgan fingerprint density at radius 3 is 2.45 bits per heavy atom. The van der Waals surface area contributed by atoms with Crippen LogP contribution in [0.3, 0.4) is 0 Å². The maximum absolute atomic E-state index is 13.5. The fraction of sp³-hybridized carbons (Fsp3) is 0.200. The molecule has 2 aromatic carbocycles. The topological polar surface area (TPSA) is 137 Å². The lowest BCUT2D eigenvalue weighted by atomic mass is 9.95. The van der Waals surface area contributed by atoms with E-state index in [1.165, 1.54) is 21.7 Å². The number of amides is 1. The van der Waals surface area contributed by atoms with Gasteiger partial charge in [0, 0.05) is 18.3 Å². The van der Waals surface area contributed by atoms with Gasteiger partial charge in [-0.05, 0) is 42.8 Å². The zero-order valence-corrected chi connectivity index (χ0v) is 19.9. The van der Waals surface area contributed by atoms with Gasteiger partial charge in [0.2, 0.25) is 5.95 Å². The average molecular weight is 521 g/mol. The van der Waals surface area contributed by atoms with Crippen LogP contribution in [-0.2, 0) is 20.5 Å². The van der Waals surface area contributed by atoms with Gasteiger partial charge < -0.3 is 4.74 Å². The van der Waals surface area contributed by atoms with E-state index in [-0.39, 0.29) is 23.2 Å². The standard InChI is InChI=1S/C25H18F3N7O3/c1-14-20(12-30)22(17-8-6-16(11-29)7-9-17)35-24(32-23(33-35)31-21(37)13-38-15(2)36)34(14)19-5-3-4-18(10-19)25(26,27)28/h3-10,22H,13H2,1-2H3,(H,31,33,37). The van der Waals surface area contributed by atoms with E-state index in [2.05, 4.69) is 26.2 Å². The number of fused-ring (bicyclic) bond motifs is 1. The second-order valence-electron chi connectivity index (χ2n) is 8.14. The minimum Gasteiger partial charge on any atom is -0.456 e. The number of carbonyl (C=O) groups excluding carboxylic acids is 2. The van der Waals surface area contributed by atoms with Crippen LogP contribution in [0.4, 0.5) is 30.8 Å². The summed E-state index contributed by atoms with van der Waals surface area (Å²) in [6, 6.07) is 14.1. The molecule has 38 heavy (non-hydrogen) atoms. The van der Waals surface area contributed by atoms with Gasteiger partial charge in [0.1, 0.15) is 6.04 Å². The Hall–Kier alpha value is -5.17. The van der Waals surface area contributed by atoms with E-state index < -0.39 is 36.3 Å². The van der Waals surface area contributed by atoms with Crippen LogP contribution in [0.15, 0.2) is 59.8 Å². The van der Waals surface area contributed by atoms with E-state index in [4.69, 9.17) is 5.26 Å². The third-order valence-electron chi connectivity index (χ3n) is 5.62. The summed E-state index contributed by atoms with van der Waals surface area (Å²) < 4.78 is 46.4. The molecule has 13 heteroatoms. The highest BCUT2D eigenvalue weighted by molar-refractivity contribution is 5.91. The van der Waals surface area contributed by atoms with Gasteiger partial charge >= 0.3 is 12.1 Å². The Balaban J connectivity index is 1.87. The molecule has 2 heterocycles. The van der Waals surface area contributed by atoms with Gasteiger partial charge in [0.05, 0.1) is 28.8 Å². The van der Waals surface area contributed by atoms with Crippen molar-refractivity contribution >= 4 is 29.5 Å². The van der Waals surface area contributed by atoms with Gasteiger partial charge in [-0.1, -0.05) is 18.2 Å². The van der Waals surface area contributed by atoms with Gasteiger partial charge in [-0.3, -0.25) is 19.8 Å². The molecular weight excluding hydrogens is 503 g/mol. The highest BCUT2D eigenvalue weighted by atomic mass is 19.4. The minimum absolute atomic E-state index is 0.0259. The number of hydrogen-bond acceptors (Lipinski definition) is 8. The molecule has 0 spiro atoms. The Morgan fingerprint density at radius 2 is 1.84 bits per heavy atom. The quantitative estimate of drug-likeness (QED) is 0.493. The van der Waals surface area contributed by atoms with Gasteiger partial charge in [0.15, 0.2) is 6.61 Å². The monoisotopic (exact) mass is 521 g/mol. The van der Waals surface area contributed by atoms with Crippen LogP contribution in [-0.4, -0.2) is 33.2 Å². The van der Waals surface area contributed by atoms with E-state index in [0.717, 1.165) is 19.1 Å². The summed E-state index contributed by atoms with van der Waals surface area (Å²) in [6.07, 6.45) is -4.62. The first-order chi connectivity index (χ1) is 18.0. The van der Waals surface area contributed by atoms with Crippen molar-refractivity contribution in [2.45, 2.75) is 26.1 Å². The van der Waals surface area contributed by atoms with Crippen LogP contribution >= 0.6 is 0 Å². The van der Waals surface area contributed by atoms with E-state index in [1.54, 1.807) is 31.2 Å². The zero-order valence-electron chi connectivity index (χ0n) is 19.9. The van der Waals surface area contributed by atoms with Crippen LogP contribution in [0, 0.1) is 22.7 Å². The van der Waals surface area contributed by atoms with Gasteiger partial charge in [-0.25, -0.2) is 4.68 Å². The normalized spacial score (nSPS) is 14.8. The number of halogens is 3. The fourth-order valence-corrected chi connectivity index (χ4v) is 3.93. The maximum atomic E-state index is 13.5. The third kappa shape index (κ3) is 5.03. The molecule has 0 saturated heterocycles. The first-order valence-electron chi connectivity index (χ1n) is 11.0. The smallest absolute Gasteiger partial charge is 0.416 e. The Kier molecular flexibility index (Phi) is 6.86. The summed E-state index contributed by atoms with van der Waals surface area (Å²) in [5, 5.41) is 25.9. The van der Waals surface area contributed by atoms with Crippen LogP contribution in [0.5, 0.6) is 0 Å². The number of esters is 1. The summed E-state index contributed by atoms with van der Waals surface area (Å²) in [5.74, 6) is -1.61. The van der Waals surface area contributed by atoms with E-state index in [0.29, 0.717) is 16.8 Å². The number of allylic oxidation sites excluding steroid dienone is 2. The lowest BCUT2D eigenvalue weighted by molar-refractivity contribution is -0.145. The Bertz CT molecular complexity index is 1530. The Morgan fingerprint density at radius 1 is 1.13 bits per heavy atom. The van der Waals surface area contributed by atoms with Crippen molar-refractivity contribution in [3.63, 3.8) is 0 Å². The molecule has 1 amide bonds. The number of alkyl halides is 3. The lowest BCUT2D eigenvalue weighted by Gasteiger charge is -2.34. The number of carbonyl (C=O) groups is 2. The molecule has 0 radical (unpaired) electrons. The predicted octanol–water partition coefficient (Wildman–Crippen LogP) is 4.21. The van der Waals surface area contributed by atoms with Gasteiger partial charge in [-0.15, -0.1) is 5.10 Å². The molecule has 0 fully saturated rings. The molecule has 1 aliphatic rings. The fourth-order valence-electron chi connectivity index (χ4n) is 3.93. The van der Waals surface area contributed by atoms with Crippen LogP contribution in [0.1, 0.15) is 36.6 Å². The van der Waals surface area contributed by atoms with Crippen molar-refractivity contribution in [1.82, 2.24) is 14.8 Å². The number of hydrogen-bond donors (Lipinski definition) is 1. The summed E-state index contributed by atoms with van der Waals surface area (Å²) in [4.78, 5) is 28.9. The maximum Gasteiger partial charge on any atom is 0.416 e. The molecule has 1 N–H and O–H groups in total. The molecule has 3 aromatic rings. The van der Waals surface area contributed by atoms with Crippen LogP contribution in [0.2, 0.25) is 0 Å². The highest BCUT2D eigenvalue weighted by Crippen LogP contribution is 2.43. The number of benzene rings is 2. The number of anilines is 3. The second kappa shape index (κ2) is 10.1. The summed E-state index contributed by atoms with van der Waals surface area (Å²) in [5.41, 5.74) is 0.534. The van der Waals surface area contributed by atoms with Crippen molar-refractivity contribution in [2.24, 2.45) is 0 Å². The summed E-state index contributed by atoms with van der Waals surface area (Å²) >= 11 is 0. The zero-order chi connectivity index (χ0) is 27.6. The van der Waals surface area contributed by atoms with Crippen molar-refractivity contribution in [1.29, 1.82) is 10.5 Å². The molecule has 1 atom stereocenters. The largest absolute Gasteiger partial charge is 0.456 e. The average Bonchev–Trinajstić information content (AvgIpc) is 3.28. The summed E-state index contributed by atoms with van der Waals surface area (Å²) in [7, 11) is 0. The predicted molar refractivity (Wildman–Crippen MR) is 126 cm³/mol. The number of nitriles is 2. The number of aromatic nitrogens is 3. The second-order valence-corrected chi connectivity index (χ2v) is 8.14. The minimum atomic E-state index is -4.62. The highest BCUT2D eigenvalue weighted by Gasteiger charge is 2.37. The Labute approximate surface area is 214 Å². The van der Waals surface area contributed by atoms with Crippen molar-refractivity contribution in [3.8, 4) is 12.1 Å². The van der Waals surface area contributed by atoms with Gasteiger partial charge in [-0.2, -0.15) is 28.7 Å². The van der Waals surface area contributed by atoms with Crippen LogP contribution < -0.4 is 10.2 Å². The van der Waals surface area contributed by atoms with E-state index in [9.17, 15) is 28.0 Å². The van der Waals surface area contributed by atoms with Crippen molar-refractivity contribution in [3.05, 3.63) is 76.5 Å². The SMILES string of the molecule is CC(=O)OCC(=O)Nc1nc2n(n1)C(c1ccc(C#N)cc1)C(C#N)=C(C)N2c1cccc(C(F)(F)F)c1. The van der Waals surface area contributed by atoms with Crippen molar-refractivity contribution in [2.75, 3.05) is 16.8 Å². The number of nitrogens with one attached hydrogen (secondary N) is 1. The number of nitrogens with zero attached hydrogens (tertiary/aromatic N) is 6. The molecule has 1 aromatic heterocycles. The molecule has 4 rings (SSSR count). The number of rotatable bonds is 5. The first-order valence-corrected chi connectivity index (χ1v) is 11.0.